The number of aryl methyl sites for hydroxylation is 1. The summed E-state index contributed by atoms with van der Waals surface area (Å²) in [7, 11) is 0. The van der Waals surface area contributed by atoms with Crippen molar-refractivity contribution in [2.24, 2.45) is 0 Å². The summed E-state index contributed by atoms with van der Waals surface area (Å²) >= 11 is 1.71. The zero-order chi connectivity index (χ0) is 19.9. The van der Waals surface area contributed by atoms with Gasteiger partial charge in [0.25, 0.3) is 5.56 Å². The van der Waals surface area contributed by atoms with E-state index in [4.69, 9.17) is 0 Å². The van der Waals surface area contributed by atoms with Gasteiger partial charge < -0.3 is 4.98 Å². The van der Waals surface area contributed by atoms with E-state index in [9.17, 15) is 18.0 Å². The fraction of sp³-hybridized carbons (Fsp3) is 0.300. The molecule has 2 aromatic heterocycles. The third-order valence-corrected chi connectivity index (χ3v) is 5.84. The van der Waals surface area contributed by atoms with Crippen LogP contribution >= 0.6 is 11.3 Å². The Morgan fingerprint density at radius 2 is 2.00 bits per heavy atom. The summed E-state index contributed by atoms with van der Waals surface area (Å²) in [4.78, 5) is 23.2. The largest absolute Gasteiger partial charge is 0.416 e. The SMILES string of the molecule is Cc1csc(CN2CCc3c(nc(-c4ccc(C(F)(F)F)cc4)[nH]c3=O)C2)c1. The predicted molar refractivity (Wildman–Crippen MR) is 102 cm³/mol. The minimum atomic E-state index is -4.39. The van der Waals surface area contributed by atoms with Gasteiger partial charge in [0.2, 0.25) is 0 Å². The Morgan fingerprint density at radius 3 is 2.64 bits per heavy atom. The molecule has 146 valence electrons. The minimum Gasteiger partial charge on any atom is -0.306 e. The highest BCUT2D eigenvalue weighted by Crippen LogP contribution is 2.30. The highest BCUT2D eigenvalue weighted by atomic mass is 32.1. The number of alkyl halides is 3. The van der Waals surface area contributed by atoms with E-state index in [2.05, 4.69) is 33.2 Å². The van der Waals surface area contributed by atoms with Crippen molar-refractivity contribution in [3.8, 4) is 11.4 Å². The molecule has 3 aromatic rings. The fourth-order valence-electron chi connectivity index (χ4n) is 3.38. The first-order chi connectivity index (χ1) is 13.3. The second kappa shape index (κ2) is 7.18. The van der Waals surface area contributed by atoms with Crippen molar-refractivity contribution in [2.45, 2.75) is 32.6 Å². The van der Waals surface area contributed by atoms with E-state index >= 15 is 0 Å². The van der Waals surface area contributed by atoms with Gasteiger partial charge in [-0.15, -0.1) is 11.3 Å². The lowest BCUT2D eigenvalue weighted by Crippen LogP contribution is -2.34. The van der Waals surface area contributed by atoms with Gasteiger partial charge in [0.15, 0.2) is 0 Å². The van der Waals surface area contributed by atoms with Crippen LogP contribution in [0.15, 0.2) is 40.5 Å². The monoisotopic (exact) mass is 405 g/mol. The number of benzene rings is 1. The van der Waals surface area contributed by atoms with Crippen LogP contribution in [0.1, 0.15) is 27.3 Å². The first-order valence-corrected chi connectivity index (χ1v) is 9.73. The zero-order valence-electron chi connectivity index (χ0n) is 15.1. The number of rotatable bonds is 3. The third kappa shape index (κ3) is 3.88. The highest BCUT2D eigenvalue weighted by molar-refractivity contribution is 7.10. The van der Waals surface area contributed by atoms with Crippen LogP contribution in [0.25, 0.3) is 11.4 Å². The Kier molecular flexibility index (Phi) is 4.84. The van der Waals surface area contributed by atoms with Gasteiger partial charge in [-0.05, 0) is 42.5 Å². The molecule has 0 saturated heterocycles. The normalized spacial score (nSPS) is 14.9. The topological polar surface area (TPSA) is 49.0 Å². The molecule has 0 aliphatic carbocycles. The first kappa shape index (κ1) is 18.9. The van der Waals surface area contributed by atoms with Gasteiger partial charge in [0, 0.05) is 35.6 Å². The van der Waals surface area contributed by atoms with Gasteiger partial charge in [-0.2, -0.15) is 13.2 Å². The number of aromatic amines is 1. The van der Waals surface area contributed by atoms with E-state index in [1.807, 2.05) is 0 Å². The van der Waals surface area contributed by atoms with Crippen molar-refractivity contribution in [3.05, 3.63) is 73.3 Å². The number of H-pyrrole nitrogens is 1. The quantitative estimate of drug-likeness (QED) is 0.703. The van der Waals surface area contributed by atoms with Gasteiger partial charge in [-0.1, -0.05) is 12.1 Å². The number of nitrogens with zero attached hydrogens (tertiary/aromatic N) is 2. The lowest BCUT2D eigenvalue weighted by molar-refractivity contribution is -0.137. The van der Waals surface area contributed by atoms with Crippen LogP contribution in [0.4, 0.5) is 13.2 Å². The number of halogens is 3. The molecule has 8 heteroatoms. The van der Waals surface area contributed by atoms with Gasteiger partial charge in [-0.25, -0.2) is 4.98 Å². The first-order valence-electron chi connectivity index (χ1n) is 8.85. The standard InChI is InChI=1S/C20H18F3N3OS/c1-12-8-15(28-11-12)9-26-7-6-16-17(10-26)24-18(25-19(16)27)13-2-4-14(5-3-13)20(21,22)23/h2-5,8,11H,6-7,9-10H2,1H3,(H,24,25,27). The van der Waals surface area contributed by atoms with E-state index < -0.39 is 11.7 Å². The maximum atomic E-state index is 12.8. The molecular formula is C20H18F3N3OS. The zero-order valence-corrected chi connectivity index (χ0v) is 16.0. The van der Waals surface area contributed by atoms with Crippen molar-refractivity contribution < 1.29 is 13.2 Å². The van der Waals surface area contributed by atoms with Crippen LogP contribution in [-0.2, 0) is 25.7 Å². The van der Waals surface area contributed by atoms with E-state index in [-0.39, 0.29) is 5.56 Å². The molecular weight excluding hydrogens is 387 g/mol. The van der Waals surface area contributed by atoms with Crippen molar-refractivity contribution in [1.82, 2.24) is 14.9 Å². The summed E-state index contributed by atoms with van der Waals surface area (Å²) in [5, 5.41) is 2.11. The Hall–Kier alpha value is -2.45. The maximum absolute atomic E-state index is 12.8. The maximum Gasteiger partial charge on any atom is 0.416 e. The Labute approximate surface area is 163 Å². The number of hydrogen-bond acceptors (Lipinski definition) is 4. The Bertz CT molecular complexity index is 1050. The van der Waals surface area contributed by atoms with Crippen LogP contribution in [-0.4, -0.2) is 21.4 Å². The van der Waals surface area contributed by atoms with E-state index in [1.165, 1.54) is 22.6 Å². The van der Waals surface area contributed by atoms with E-state index in [0.29, 0.717) is 35.6 Å². The molecule has 0 bridgehead atoms. The summed E-state index contributed by atoms with van der Waals surface area (Å²) in [6.07, 6.45) is -3.79. The molecule has 1 aromatic carbocycles. The summed E-state index contributed by atoms with van der Waals surface area (Å²) in [5.74, 6) is 0.297. The van der Waals surface area contributed by atoms with Gasteiger partial charge in [-0.3, -0.25) is 9.69 Å². The summed E-state index contributed by atoms with van der Waals surface area (Å²) < 4.78 is 38.3. The average Bonchev–Trinajstić information content (AvgIpc) is 3.05. The predicted octanol–water partition coefficient (Wildman–Crippen LogP) is 4.38. The summed E-state index contributed by atoms with van der Waals surface area (Å²) in [5.41, 5.74) is 2.10. The molecule has 0 unspecified atom stereocenters. The van der Waals surface area contributed by atoms with Gasteiger partial charge >= 0.3 is 6.18 Å². The average molecular weight is 405 g/mol. The van der Waals surface area contributed by atoms with Crippen LogP contribution in [0.2, 0.25) is 0 Å². The van der Waals surface area contributed by atoms with Crippen molar-refractivity contribution in [2.75, 3.05) is 6.54 Å². The van der Waals surface area contributed by atoms with E-state index in [0.717, 1.165) is 25.2 Å². The number of hydrogen-bond donors (Lipinski definition) is 1. The van der Waals surface area contributed by atoms with Crippen LogP contribution in [0, 0.1) is 6.92 Å². The van der Waals surface area contributed by atoms with Gasteiger partial charge in [0.05, 0.1) is 11.3 Å². The number of aromatic nitrogens is 2. The third-order valence-electron chi connectivity index (χ3n) is 4.80. The molecule has 0 saturated carbocycles. The van der Waals surface area contributed by atoms with E-state index in [1.54, 1.807) is 11.3 Å². The number of nitrogens with one attached hydrogen (secondary N) is 1. The molecule has 28 heavy (non-hydrogen) atoms. The fourth-order valence-corrected chi connectivity index (χ4v) is 4.29. The minimum absolute atomic E-state index is 0.216. The molecule has 3 heterocycles. The van der Waals surface area contributed by atoms with Crippen LogP contribution in [0.5, 0.6) is 0 Å². The van der Waals surface area contributed by atoms with Crippen molar-refractivity contribution >= 4 is 11.3 Å². The molecule has 4 nitrogen and oxygen atoms in total. The Balaban J connectivity index is 1.60. The number of fused-ring (bicyclic) bond motifs is 1. The lowest BCUT2D eigenvalue weighted by Gasteiger charge is -2.27. The molecule has 1 aliphatic rings. The highest BCUT2D eigenvalue weighted by Gasteiger charge is 2.30. The molecule has 0 radical (unpaired) electrons. The number of thiophene rings is 1. The van der Waals surface area contributed by atoms with Crippen molar-refractivity contribution in [3.63, 3.8) is 0 Å². The van der Waals surface area contributed by atoms with Gasteiger partial charge in [0.1, 0.15) is 5.82 Å². The molecule has 1 aliphatic heterocycles. The lowest BCUT2D eigenvalue weighted by atomic mass is 10.1. The smallest absolute Gasteiger partial charge is 0.306 e. The van der Waals surface area contributed by atoms with Crippen LogP contribution < -0.4 is 5.56 Å². The molecule has 1 N–H and O–H groups in total. The molecule has 4 rings (SSSR count). The molecule has 0 spiro atoms. The summed E-state index contributed by atoms with van der Waals surface area (Å²) in [6, 6.07) is 6.82. The molecule has 0 atom stereocenters. The molecule has 0 fully saturated rings. The second-order valence-corrected chi connectivity index (χ2v) is 7.96. The molecule has 0 amide bonds. The van der Waals surface area contributed by atoms with Crippen molar-refractivity contribution in [1.29, 1.82) is 0 Å². The summed E-state index contributed by atoms with van der Waals surface area (Å²) in [6.45, 7) is 4.17. The van der Waals surface area contributed by atoms with Crippen LogP contribution in [0.3, 0.4) is 0 Å². The second-order valence-electron chi connectivity index (χ2n) is 6.97. The Morgan fingerprint density at radius 1 is 1.25 bits per heavy atom.